The first-order valence-electron chi connectivity index (χ1n) is 6.87. The molecule has 0 fully saturated rings. The van der Waals surface area contributed by atoms with Gasteiger partial charge in [0.1, 0.15) is 11.5 Å². The second-order valence-electron chi connectivity index (χ2n) is 4.45. The van der Waals surface area contributed by atoms with Crippen molar-refractivity contribution in [3.8, 4) is 0 Å². The molecule has 0 saturated heterocycles. The van der Waals surface area contributed by atoms with Gasteiger partial charge in [0.2, 0.25) is 0 Å². The minimum absolute atomic E-state index is 0.448. The molecule has 2 heterocycles. The molecule has 0 aromatic carbocycles. The maximum atomic E-state index is 5.42. The average Bonchev–Trinajstić information content (AvgIpc) is 3.01. The van der Waals surface area contributed by atoms with Gasteiger partial charge in [-0.2, -0.15) is 0 Å². The molecule has 4 nitrogen and oxygen atoms in total. The highest BCUT2D eigenvalue weighted by Gasteiger charge is 2.07. The van der Waals surface area contributed by atoms with Crippen LogP contribution in [0.15, 0.2) is 9.05 Å². The van der Waals surface area contributed by atoms with Crippen LogP contribution in [0, 0.1) is 13.8 Å². The summed E-state index contributed by atoms with van der Waals surface area (Å²) in [6, 6.07) is 0. The number of aryl methyl sites for hydroxylation is 2. The summed E-state index contributed by atoms with van der Waals surface area (Å²) in [5.41, 5.74) is 4.16. The average molecular weight is 270 g/mol. The second kappa shape index (κ2) is 7.98. The summed E-state index contributed by atoms with van der Waals surface area (Å²) in [4.78, 5) is 0. The smallest absolute Gasteiger partial charge is 0.137 e. The number of hydrogen-bond donors (Lipinski definition) is 0. The highest BCUT2D eigenvalue weighted by molar-refractivity contribution is 6.08. The van der Waals surface area contributed by atoms with Crippen LogP contribution in [-0.4, -0.2) is 26.0 Å². The molecule has 104 valence electrons. The van der Waals surface area contributed by atoms with Crippen molar-refractivity contribution in [2.75, 3.05) is 0 Å². The van der Waals surface area contributed by atoms with Gasteiger partial charge in [-0.1, -0.05) is 24.2 Å². The molecule has 20 heavy (non-hydrogen) atoms. The van der Waals surface area contributed by atoms with Gasteiger partial charge in [0, 0.05) is 11.1 Å². The van der Waals surface area contributed by atoms with E-state index in [-0.39, 0.29) is 0 Å². The van der Waals surface area contributed by atoms with E-state index in [0.29, 0.717) is 12.6 Å². The highest BCUT2D eigenvalue weighted by Crippen LogP contribution is 2.13. The fourth-order valence-corrected chi connectivity index (χ4v) is 2.10. The van der Waals surface area contributed by atoms with Gasteiger partial charge in [0.25, 0.3) is 0 Å². The van der Waals surface area contributed by atoms with Gasteiger partial charge in [-0.15, -0.1) is 0 Å². The van der Waals surface area contributed by atoms with Gasteiger partial charge in [0.05, 0.1) is 27.1 Å². The fourth-order valence-electron chi connectivity index (χ4n) is 2.10. The summed E-state index contributed by atoms with van der Waals surface area (Å²) in [5.74, 6) is 1.71. The maximum absolute atomic E-state index is 5.42. The van der Waals surface area contributed by atoms with Gasteiger partial charge in [0.15, 0.2) is 0 Å². The van der Waals surface area contributed by atoms with E-state index in [0.717, 1.165) is 46.9 Å². The topological polar surface area (TPSA) is 52.1 Å². The molecule has 6 heteroatoms. The van der Waals surface area contributed by atoms with Crippen molar-refractivity contribution in [1.82, 2.24) is 10.3 Å². The van der Waals surface area contributed by atoms with E-state index in [1.807, 2.05) is 13.8 Å². The van der Waals surface area contributed by atoms with Crippen LogP contribution in [0.3, 0.4) is 0 Å². The van der Waals surface area contributed by atoms with Crippen molar-refractivity contribution in [2.45, 2.75) is 53.2 Å². The lowest BCUT2D eigenvalue weighted by Gasteiger charge is -1.92. The molecule has 0 bridgehead atoms. The molecule has 0 amide bonds. The third-order valence-electron chi connectivity index (χ3n) is 3.22. The lowest BCUT2D eigenvalue weighted by atomic mass is 9.97. The highest BCUT2D eigenvalue weighted by atomic mass is 16.5. The SMILES string of the molecule is [B]Cc1noc(C)c1CC.[B]Cc1onc(C)c1CC. The third kappa shape index (κ3) is 3.78. The van der Waals surface area contributed by atoms with Gasteiger partial charge in [-0.3, -0.25) is 0 Å². The first-order chi connectivity index (χ1) is 9.58. The molecule has 0 aliphatic carbocycles. The van der Waals surface area contributed by atoms with E-state index in [1.54, 1.807) is 0 Å². The van der Waals surface area contributed by atoms with Crippen molar-refractivity contribution in [2.24, 2.45) is 0 Å². The maximum Gasteiger partial charge on any atom is 0.137 e. The Morgan fingerprint density at radius 2 is 1.55 bits per heavy atom. The van der Waals surface area contributed by atoms with Crippen LogP contribution in [-0.2, 0) is 25.5 Å². The van der Waals surface area contributed by atoms with Crippen LogP contribution < -0.4 is 0 Å². The molecule has 0 aliphatic heterocycles. The lowest BCUT2D eigenvalue weighted by Crippen LogP contribution is -1.90. The number of hydrogen-bond acceptors (Lipinski definition) is 4. The minimum atomic E-state index is 0.448. The van der Waals surface area contributed by atoms with Crippen LogP contribution >= 0.6 is 0 Å². The van der Waals surface area contributed by atoms with Crippen molar-refractivity contribution in [1.29, 1.82) is 0 Å². The Hall–Kier alpha value is -1.45. The first kappa shape index (κ1) is 16.6. The van der Waals surface area contributed by atoms with Gasteiger partial charge in [-0.25, -0.2) is 0 Å². The molecule has 0 saturated carbocycles. The van der Waals surface area contributed by atoms with E-state index >= 15 is 0 Å². The quantitative estimate of drug-likeness (QED) is 0.800. The lowest BCUT2D eigenvalue weighted by molar-refractivity contribution is 0.389. The Bertz CT molecular complexity index is 487. The summed E-state index contributed by atoms with van der Waals surface area (Å²) in [6.45, 7) is 7.98. The zero-order valence-corrected chi connectivity index (χ0v) is 12.7. The van der Waals surface area contributed by atoms with E-state index in [4.69, 9.17) is 24.7 Å². The van der Waals surface area contributed by atoms with Gasteiger partial charge >= 0.3 is 0 Å². The zero-order chi connectivity index (χ0) is 15.1. The Morgan fingerprint density at radius 1 is 0.900 bits per heavy atom. The van der Waals surface area contributed by atoms with Crippen molar-refractivity contribution in [3.63, 3.8) is 0 Å². The Labute approximate surface area is 123 Å². The molecule has 0 atom stereocenters. The van der Waals surface area contributed by atoms with Crippen LogP contribution in [0.5, 0.6) is 0 Å². The summed E-state index contributed by atoms with van der Waals surface area (Å²) in [7, 11) is 10.8. The predicted molar refractivity (Wildman–Crippen MR) is 80.2 cm³/mol. The van der Waals surface area contributed by atoms with E-state index in [9.17, 15) is 0 Å². The summed E-state index contributed by atoms with van der Waals surface area (Å²) < 4.78 is 9.91. The van der Waals surface area contributed by atoms with Crippen LogP contribution in [0.2, 0.25) is 0 Å². The zero-order valence-electron chi connectivity index (χ0n) is 12.7. The van der Waals surface area contributed by atoms with Crippen LogP contribution in [0.1, 0.15) is 47.9 Å². The molecule has 0 unspecified atom stereocenters. The molecule has 2 aromatic heterocycles. The summed E-state index contributed by atoms with van der Waals surface area (Å²) in [6.07, 6.45) is 2.81. The van der Waals surface area contributed by atoms with E-state index in [1.165, 1.54) is 0 Å². The predicted octanol–water partition coefficient (Wildman–Crippen LogP) is 2.43. The normalized spacial score (nSPS) is 10.2. The summed E-state index contributed by atoms with van der Waals surface area (Å²) in [5, 5.41) is 7.61. The largest absolute Gasteiger partial charge is 0.362 e. The number of aromatic nitrogens is 2. The van der Waals surface area contributed by atoms with Crippen LogP contribution in [0.4, 0.5) is 0 Å². The molecule has 2 rings (SSSR count). The molecule has 0 N–H and O–H groups in total. The second-order valence-corrected chi connectivity index (χ2v) is 4.45. The Balaban J connectivity index is 0.000000200. The van der Waals surface area contributed by atoms with Crippen LogP contribution in [0.25, 0.3) is 0 Å². The Kier molecular flexibility index (Phi) is 6.62. The molecular weight excluding hydrogens is 250 g/mol. The number of nitrogens with zero attached hydrogens (tertiary/aromatic N) is 2. The molecule has 4 radical (unpaired) electrons. The van der Waals surface area contributed by atoms with E-state index in [2.05, 4.69) is 24.2 Å². The van der Waals surface area contributed by atoms with Crippen molar-refractivity contribution >= 4 is 15.7 Å². The minimum Gasteiger partial charge on any atom is -0.362 e. The fraction of sp³-hybridized carbons (Fsp3) is 0.571. The Morgan fingerprint density at radius 3 is 1.95 bits per heavy atom. The first-order valence-corrected chi connectivity index (χ1v) is 6.87. The standard InChI is InChI=1S/2C7H10BNO/c1-3-6-5(2)10-9-7(6)4-8;1-3-6-5(2)9-10-7(6)4-8/h2*3-4H2,1-2H3. The molecule has 0 spiro atoms. The summed E-state index contributed by atoms with van der Waals surface area (Å²) >= 11 is 0. The molecular formula is C14H20B2N2O2. The van der Waals surface area contributed by atoms with Crippen molar-refractivity contribution < 1.29 is 9.05 Å². The van der Waals surface area contributed by atoms with Gasteiger partial charge < -0.3 is 9.05 Å². The third-order valence-corrected chi connectivity index (χ3v) is 3.22. The van der Waals surface area contributed by atoms with E-state index < -0.39 is 0 Å². The van der Waals surface area contributed by atoms with Crippen molar-refractivity contribution in [3.05, 3.63) is 34.0 Å². The molecule has 0 aliphatic rings. The monoisotopic (exact) mass is 270 g/mol. The number of rotatable bonds is 4. The van der Waals surface area contributed by atoms with Gasteiger partial charge in [-0.05, 0) is 39.3 Å². The molecule has 2 aromatic rings.